The summed E-state index contributed by atoms with van der Waals surface area (Å²) >= 11 is 3.65. The average Bonchev–Trinajstić information content (AvgIpc) is 1.55. The van der Waals surface area contributed by atoms with Crippen molar-refractivity contribution in [2.45, 2.75) is 0 Å². The minimum absolute atomic E-state index is 0.645. The van der Waals surface area contributed by atoms with Gasteiger partial charge in [-0.05, 0) is 127 Å². The highest BCUT2D eigenvalue weighted by Crippen LogP contribution is 2.49. The first kappa shape index (κ1) is 68.8. The Balaban J connectivity index is 0.000000137. The summed E-state index contributed by atoms with van der Waals surface area (Å²) < 4.78 is 14.6. The van der Waals surface area contributed by atoms with Crippen molar-refractivity contribution in [1.82, 2.24) is 43.2 Å². The van der Waals surface area contributed by atoms with Gasteiger partial charge in [0.1, 0.15) is 0 Å². The maximum atomic E-state index is 5.25. The highest BCUT2D eigenvalue weighted by atomic mass is 32.1. The third-order valence-corrected chi connectivity index (χ3v) is 26.1. The van der Waals surface area contributed by atoms with Crippen LogP contribution in [0, 0.1) is 0 Å². The van der Waals surface area contributed by atoms with E-state index in [0.29, 0.717) is 23.3 Å². The molecule has 0 unspecified atom stereocenters. The normalized spacial score (nSPS) is 11.8. The van der Waals surface area contributed by atoms with E-state index in [9.17, 15) is 0 Å². The minimum Gasteiger partial charge on any atom is -0.309 e. The zero-order chi connectivity index (χ0) is 78.9. The molecule has 8 heterocycles. The van der Waals surface area contributed by atoms with Crippen LogP contribution < -0.4 is 0 Å². The summed E-state index contributed by atoms with van der Waals surface area (Å²) in [6, 6.07) is 145. The van der Waals surface area contributed by atoms with Crippen LogP contribution in [0.2, 0.25) is 0 Å². The van der Waals surface area contributed by atoms with Crippen LogP contribution in [0.25, 0.3) is 230 Å². The van der Waals surface area contributed by atoms with Gasteiger partial charge in [-0.3, -0.25) is 0 Å². The number of hydrogen-bond acceptors (Lipinski definition) is 7. The highest BCUT2D eigenvalue weighted by Gasteiger charge is 2.26. The monoisotopic (exact) mass is 1570 g/mol. The van der Waals surface area contributed by atoms with E-state index >= 15 is 0 Å². The first-order valence-electron chi connectivity index (χ1n) is 40.4. The molecule has 25 rings (SSSR count). The molecule has 25 aromatic rings. The number of nitrogens with zero attached hydrogens (tertiary/aromatic N) is 9. The van der Waals surface area contributed by atoms with E-state index in [4.69, 9.17) is 24.9 Å². The van der Waals surface area contributed by atoms with Crippen LogP contribution in [0.1, 0.15) is 0 Å². The second-order valence-electron chi connectivity index (χ2n) is 30.6. The molecule has 0 amide bonds. The van der Waals surface area contributed by atoms with Crippen LogP contribution in [0.3, 0.4) is 0 Å². The Morgan fingerprint density at radius 2 is 0.475 bits per heavy atom. The lowest BCUT2D eigenvalue weighted by Gasteiger charge is -2.14. The lowest BCUT2D eigenvalue weighted by molar-refractivity contribution is 1.07. The third kappa shape index (κ3) is 11.4. The van der Waals surface area contributed by atoms with Crippen molar-refractivity contribution in [3.05, 3.63) is 406 Å². The number of fused-ring (bicyclic) bond motifs is 18. The first-order valence-corrected chi connectivity index (χ1v) is 42.1. The number of benzene rings is 17. The summed E-state index contributed by atoms with van der Waals surface area (Å²) in [6.45, 7) is 0. The van der Waals surface area contributed by atoms with E-state index in [2.05, 4.69) is 376 Å². The minimum atomic E-state index is 0.645. The Kier molecular flexibility index (Phi) is 16.1. The van der Waals surface area contributed by atoms with Gasteiger partial charge >= 0.3 is 0 Å². The van der Waals surface area contributed by atoms with Crippen LogP contribution in [0.5, 0.6) is 0 Å². The van der Waals surface area contributed by atoms with Gasteiger partial charge in [-0.2, -0.15) is 0 Å². The fourth-order valence-electron chi connectivity index (χ4n) is 18.2. The Morgan fingerprint density at radius 3 is 0.892 bits per heavy atom. The van der Waals surface area contributed by atoms with Crippen LogP contribution >= 0.6 is 22.7 Å². The van der Waals surface area contributed by atoms with Crippen molar-refractivity contribution in [2.24, 2.45) is 0 Å². The number of para-hydroxylation sites is 6. The van der Waals surface area contributed by atoms with Crippen molar-refractivity contribution in [3.8, 4) is 102 Å². The van der Waals surface area contributed by atoms with Crippen LogP contribution in [-0.4, -0.2) is 43.2 Å². The van der Waals surface area contributed by atoms with Crippen LogP contribution in [0.4, 0.5) is 0 Å². The third-order valence-electron chi connectivity index (χ3n) is 23.6. The molecule has 0 aliphatic rings. The molecule has 0 saturated carbocycles. The van der Waals surface area contributed by atoms with Crippen molar-refractivity contribution >= 4 is 150 Å². The average molecular weight is 1570 g/mol. The summed E-state index contributed by atoms with van der Waals surface area (Å²) in [5.41, 5.74) is 23.9. The van der Waals surface area contributed by atoms with E-state index in [1.54, 1.807) is 11.3 Å². The Labute approximate surface area is 696 Å². The molecule has 8 aromatic heterocycles. The second kappa shape index (κ2) is 28.1. The molecule has 120 heavy (non-hydrogen) atoms. The molecule has 560 valence electrons. The summed E-state index contributed by atoms with van der Waals surface area (Å²) in [5.74, 6) is 2.63. The van der Waals surface area contributed by atoms with Gasteiger partial charge in [0.15, 0.2) is 23.3 Å². The molecule has 9 nitrogen and oxygen atoms in total. The van der Waals surface area contributed by atoms with Gasteiger partial charge in [0, 0.05) is 145 Å². The second-order valence-corrected chi connectivity index (χ2v) is 32.7. The first-order chi connectivity index (χ1) is 59.5. The smallest absolute Gasteiger partial charge is 0.165 e. The molecular formula is C109H67N9S2. The lowest BCUT2D eigenvalue weighted by Crippen LogP contribution is -2.01. The van der Waals surface area contributed by atoms with E-state index in [-0.39, 0.29) is 0 Å². The van der Waals surface area contributed by atoms with E-state index < -0.39 is 0 Å². The van der Waals surface area contributed by atoms with Gasteiger partial charge in [-0.25, -0.2) is 24.9 Å². The van der Waals surface area contributed by atoms with Crippen molar-refractivity contribution in [1.29, 1.82) is 0 Å². The van der Waals surface area contributed by atoms with Gasteiger partial charge in [-0.15, -0.1) is 22.7 Å². The number of hydrogen-bond donors (Lipinski definition) is 0. The van der Waals surface area contributed by atoms with Crippen LogP contribution in [-0.2, 0) is 0 Å². The fourth-order valence-corrected chi connectivity index (χ4v) is 20.6. The van der Waals surface area contributed by atoms with E-state index in [1.807, 2.05) is 59.9 Å². The molecule has 0 fully saturated rings. The Bertz CT molecular complexity index is 8280. The molecule has 11 heteroatoms. The number of aromatic nitrogens is 9. The Hall–Kier alpha value is -15.5. The molecule has 0 bridgehead atoms. The maximum absolute atomic E-state index is 5.25. The zero-order valence-electron chi connectivity index (χ0n) is 64.5. The highest BCUT2D eigenvalue weighted by molar-refractivity contribution is 7.26. The van der Waals surface area contributed by atoms with Crippen LogP contribution in [0.15, 0.2) is 406 Å². The zero-order valence-corrected chi connectivity index (χ0v) is 66.2. The maximum Gasteiger partial charge on any atom is 0.165 e. The molecule has 0 N–H and O–H groups in total. The Morgan fingerprint density at radius 1 is 0.167 bits per heavy atom. The predicted octanol–water partition coefficient (Wildman–Crippen LogP) is 29.1. The molecule has 0 spiro atoms. The lowest BCUT2D eigenvalue weighted by atomic mass is 9.99. The molecule has 0 radical (unpaired) electrons. The standard InChI is InChI=1S/C58H36N4S.C51H31N5S/c1-4-17-37(18-5-1)50-35-51(38-19-6-2-7-20-38)60-58(59-50)40-22-16-21-39(31-40)46-32-42(33-49-45-27-12-15-30-56(45)63-57(46)49)62-53-29-14-11-26-44(53)48-34-47-43-25-10-13-28-52(43)61(54(47)36-55(48)62)41-23-8-3-9-24-41;1-4-16-32(17-5-1)49-52-50(33-18-6-2-7-19-33)54-51(53-49)42-29-35(28-41-38-24-12-15-27-47(38)57-48(41)42)56-44-26-14-11-23-37(44)40-30-39-36-22-10-13-25-43(36)55(45(39)31-46(40)56)34-20-8-3-9-21-34/h1-36H;1-31H. The summed E-state index contributed by atoms with van der Waals surface area (Å²) in [6.07, 6.45) is 0. The van der Waals surface area contributed by atoms with Gasteiger partial charge in [0.25, 0.3) is 0 Å². The molecule has 0 atom stereocenters. The summed E-state index contributed by atoms with van der Waals surface area (Å²) in [5, 5.41) is 14.7. The number of rotatable bonds is 11. The van der Waals surface area contributed by atoms with Gasteiger partial charge in [0.2, 0.25) is 0 Å². The quantitative estimate of drug-likeness (QED) is 0.129. The molecular weight excluding hydrogens is 1500 g/mol. The number of thiophene rings is 2. The molecule has 0 saturated heterocycles. The van der Waals surface area contributed by atoms with Crippen molar-refractivity contribution in [2.75, 3.05) is 0 Å². The predicted molar refractivity (Wildman–Crippen MR) is 503 cm³/mol. The van der Waals surface area contributed by atoms with E-state index in [0.717, 1.165) is 88.8 Å². The fraction of sp³-hybridized carbons (Fsp3) is 0. The van der Waals surface area contributed by atoms with E-state index in [1.165, 1.54) is 117 Å². The van der Waals surface area contributed by atoms with Gasteiger partial charge in [0.05, 0.1) is 55.5 Å². The summed E-state index contributed by atoms with van der Waals surface area (Å²) in [4.78, 5) is 26.0. The SMILES string of the molecule is c1ccc(-c2cc(-c3ccccc3)nc(-c3cccc(-c4cc(-n5c6ccccc6c6cc7c8ccccc8n(-c8ccccc8)c7cc65)cc5c4sc4ccccc45)c3)n2)cc1.c1ccc(-c2nc(-c3ccccc3)nc(-c3cc(-n4c5ccccc5c5cc6c7ccccc7n(-c7ccccc7)c6cc54)cc4c3sc3ccccc34)n2)cc1. The molecule has 0 aliphatic carbocycles. The van der Waals surface area contributed by atoms with Crippen molar-refractivity contribution < 1.29 is 0 Å². The van der Waals surface area contributed by atoms with Gasteiger partial charge in [-0.1, -0.05) is 285 Å². The summed E-state index contributed by atoms with van der Waals surface area (Å²) in [7, 11) is 0. The van der Waals surface area contributed by atoms with Gasteiger partial charge < -0.3 is 18.3 Å². The topological polar surface area (TPSA) is 84.2 Å². The largest absolute Gasteiger partial charge is 0.309 e. The molecule has 17 aromatic carbocycles. The van der Waals surface area contributed by atoms with Crippen molar-refractivity contribution in [3.63, 3.8) is 0 Å². The molecule has 0 aliphatic heterocycles.